The lowest BCUT2D eigenvalue weighted by Gasteiger charge is -2.31. The lowest BCUT2D eigenvalue weighted by molar-refractivity contribution is -0.141. The molecule has 0 radical (unpaired) electrons. The Labute approximate surface area is 223 Å². The van der Waals surface area contributed by atoms with Gasteiger partial charge < -0.3 is 15.0 Å². The van der Waals surface area contributed by atoms with E-state index in [4.69, 9.17) is 27.9 Å². The van der Waals surface area contributed by atoms with Crippen molar-refractivity contribution < 1.29 is 22.7 Å². The molecule has 2 amide bonds. The third kappa shape index (κ3) is 8.01. The highest BCUT2D eigenvalue weighted by Crippen LogP contribution is 2.28. The highest BCUT2D eigenvalue weighted by Gasteiger charge is 2.29. The second-order valence-electron chi connectivity index (χ2n) is 8.13. The van der Waals surface area contributed by atoms with Crippen LogP contribution >= 0.6 is 23.2 Å². The van der Waals surface area contributed by atoms with Gasteiger partial charge >= 0.3 is 0 Å². The molecule has 2 rings (SSSR count). The molecule has 36 heavy (non-hydrogen) atoms. The topological polar surface area (TPSA) is 96.0 Å². The number of anilines is 1. The van der Waals surface area contributed by atoms with Crippen molar-refractivity contribution in [2.45, 2.75) is 45.7 Å². The molecular weight excluding hydrogens is 525 g/mol. The first-order chi connectivity index (χ1) is 17.0. The summed E-state index contributed by atoms with van der Waals surface area (Å²) in [5.41, 5.74) is 1.02. The molecule has 2 aromatic carbocycles. The molecule has 0 aromatic heterocycles. The van der Waals surface area contributed by atoms with Crippen LogP contribution in [0.1, 0.15) is 38.7 Å². The number of ether oxygens (including phenoxy) is 1. The molecule has 0 bridgehead atoms. The fourth-order valence-corrected chi connectivity index (χ4v) is 5.30. The predicted octanol–water partition coefficient (Wildman–Crippen LogP) is 4.49. The number of halogens is 2. The van der Waals surface area contributed by atoms with Crippen LogP contribution in [0.3, 0.4) is 0 Å². The van der Waals surface area contributed by atoms with Gasteiger partial charge in [0.05, 0.1) is 18.6 Å². The maximum absolute atomic E-state index is 13.4. The normalized spacial score (nSPS) is 12.1. The largest absolute Gasteiger partial charge is 0.494 e. The van der Waals surface area contributed by atoms with E-state index in [1.807, 2.05) is 13.8 Å². The van der Waals surface area contributed by atoms with E-state index >= 15 is 0 Å². The van der Waals surface area contributed by atoms with Gasteiger partial charge in [-0.2, -0.15) is 0 Å². The number of sulfonamides is 1. The second kappa shape index (κ2) is 13.7. The molecule has 8 nitrogen and oxygen atoms in total. The lowest BCUT2D eigenvalue weighted by atomic mass is 10.1. The van der Waals surface area contributed by atoms with E-state index in [0.717, 1.165) is 6.26 Å². The van der Waals surface area contributed by atoms with E-state index in [1.165, 1.54) is 16.3 Å². The zero-order valence-electron chi connectivity index (χ0n) is 21.0. The van der Waals surface area contributed by atoms with Crippen LogP contribution in [-0.2, 0) is 26.2 Å². The Morgan fingerprint density at radius 1 is 1.06 bits per heavy atom. The molecule has 0 heterocycles. The molecule has 11 heteroatoms. The number of carbonyl (C=O) groups is 2. The fourth-order valence-electron chi connectivity index (χ4n) is 3.82. The Morgan fingerprint density at radius 2 is 1.67 bits per heavy atom. The van der Waals surface area contributed by atoms with E-state index in [2.05, 4.69) is 5.32 Å². The van der Waals surface area contributed by atoms with Crippen molar-refractivity contribution in [2.24, 2.45) is 0 Å². The summed E-state index contributed by atoms with van der Waals surface area (Å²) in [6.45, 7) is 4.32. The maximum atomic E-state index is 13.4. The Balaban J connectivity index is 2.22. The number of likely N-dealkylation sites (N-methyl/N-ethyl adjacent to an activating group) is 1. The lowest BCUT2D eigenvalue weighted by Crippen LogP contribution is -2.48. The van der Waals surface area contributed by atoms with Gasteiger partial charge in [0.25, 0.3) is 0 Å². The molecular formula is C25H33Cl2N3O5S. The molecule has 2 aromatic rings. The zero-order valence-corrected chi connectivity index (χ0v) is 23.3. The van der Waals surface area contributed by atoms with Crippen molar-refractivity contribution in [2.75, 3.05) is 30.8 Å². The summed E-state index contributed by atoms with van der Waals surface area (Å²) < 4.78 is 31.6. The van der Waals surface area contributed by atoms with Crippen molar-refractivity contribution in [1.29, 1.82) is 0 Å². The molecule has 1 N–H and O–H groups in total. The van der Waals surface area contributed by atoms with Gasteiger partial charge in [-0.1, -0.05) is 36.2 Å². The molecule has 1 atom stereocenters. The van der Waals surface area contributed by atoms with E-state index in [0.29, 0.717) is 40.1 Å². The highest BCUT2D eigenvalue weighted by molar-refractivity contribution is 7.92. The van der Waals surface area contributed by atoms with Crippen LogP contribution in [0.2, 0.25) is 10.0 Å². The molecule has 0 saturated carbocycles. The summed E-state index contributed by atoms with van der Waals surface area (Å²) in [4.78, 5) is 27.4. The molecule has 0 aliphatic rings. The number of benzene rings is 2. The number of hydrogen-bond donors (Lipinski definition) is 1. The summed E-state index contributed by atoms with van der Waals surface area (Å²) in [6.07, 6.45) is 1.78. The minimum absolute atomic E-state index is 0.0264. The molecule has 0 fully saturated rings. The van der Waals surface area contributed by atoms with E-state index in [-0.39, 0.29) is 37.7 Å². The zero-order chi connectivity index (χ0) is 26.9. The Bertz CT molecular complexity index is 1120. The fraction of sp³-hybridized carbons (Fsp3) is 0.440. The third-order valence-corrected chi connectivity index (χ3v) is 7.51. The van der Waals surface area contributed by atoms with Crippen LogP contribution in [0.4, 0.5) is 5.69 Å². The van der Waals surface area contributed by atoms with Crippen molar-refractivity contribution in [3.63, 3.8) is 0 Å². The number of nitrogens with zero attached hydrogens (tertiary/aromatic N) is 2. The molecule has 0 aliphatic carbocycles. The van der Waals surface area contributed by atoms with Gasteiger partial charge in [0.2, 0.25) is 21.8 Å². The van der Waals surface area contributed by atoms with Crippen LogP contribution < -0.4 is 14.4 Å². The number of hydrogen-bond acceptors (Lipinski definition) is 5. The summed E-state index contributed by atoms with van der Waals surface area (Å²) in [5.74, 6) is 0.0290. The summed E-state index contributed by atoms with van der Waals surface area (Å²) in [6, 6.07) is 11.1. The summed E-state index contributed by atoms with van der Waals surface area (Å²) >= 11 is 12.7. The van der Waals surface area contributed by atoms with Crippen LogP contribution in [0.25, 0.3) is 0 Å². The van der Waals surface area contributed by atoms with Crippen molar-refractivity contribution in [3.05, 3.63) is 58.1 Å². The van der Waals surface area contributed by atoms with Gasteiger partial charge in [0.1, 0.15) is 11.8 Å². The van der Waals surface area contributed by atoms with Crippen molar-refractivity contribution >= 4 is 50.7 Å². The molecule has 0 spiro atoms. The number of carbonyl (C=O) groups excluding carboxylic acids is 2. The molecule has 0 unspecified atom stereocenters. The minimum Gasteiger partial charge on any atom is -0.494 e. The van der Waals surface area contributed by atoms with Crippen LogP contribution in [0, 0.1) is 0 Å². The van der Waals surface area contributed by atoms with E-state index < -0.39 is 16.1 Å². The summed E-state index contributed by atoms with van der Waals surface area (Å²) in [5, 5.41) is 3.39. The van der Waals surface area contributed by atoms with Gasteiger partial charge in [0.15, 0.2) is 0 Å². The first-order valence-corrected chi connectivity index (χ1v) is 14.3. The molecule has 198 valence electrons. The predicted molar refractivity (Wildman–Crippen MR) is 144 cm³/mol. The Morgan fingerprint density at radius 3 is 2.17 bits per heavy atom. The van der Waals surface area contributed by atoms with Crippen LogP contribution in [-0.4, -0.2) is 57.6 Å². The third-order valence-electron chi connectivity index (χ3n) is 5.61. The standard InChI is InChI=1S/C25H33Cl2N3O5S/c1-5-23(25(32)28-3)29(17-20-21(26)9-7-10-22(20)27)24(31)11-8-16-30(36(4,33)34)18-12-14-19(15-13-18)35-6-2/h7,9-10,12-15,23H,5-6,8,11,16-17H2,1-4H3,(H,28,32)/t23-/m0/s1. The number of nitrogens with one attached hydrogen (secondary N) is 1. The quantitative estimate of drug-likeness (QED) is 0.391. The first kappa shape index (κ1) is 29.7. The Kier molecular flexibility index (Phi) is 11.3. The maximum Gasteiger partial charge on any atom is 0.242 e. The summed E-state index contributed by atoms with van der Waals surface area (Å²) in [7, 11) is -2.08. The molecule has 0 saturated heterocycles. The van der Waals surface area contributed by atoms with Crippen molar-refractivity contribution in [3.8, 4) is 5.75 Å². The average molecular weight is 559 g/mol. The van der Waals surface area contributed by atoms with Gasteiger partial charge in [-0.25, -0.2) is 8.42 Å². The Hall–Kier alpha value is -2.49. The first-order valence-electron chi connectivity index (χ1n) is 11.7. The van der Waals surface area contributed by atoms with Gasteiger partial charge in [-0.3, -0.25) is 13.9 Å². The van der Waals surface area contributed by atoms with Gasteiger partial charge in [0, 0.05) is 42.2 Å². The number of rotatable bonds is 13. The molecule has 0 aliphatic heterocycles. The van der Waals surface area contributed by atoms with Crippen LogP contribution in [0.5, 0.6) is 5.75 Å². The van der Waals surface area contributed by atoms with Gasteiger partial charge in [-0.15, -0.1) is 0 Å². The van der Waals surface area contributed by atoms with Gasteiger partial charge in [-0.05, 0) is 56.2 Å². The average Bonchev–Trinajstić information content (AvgIpc) is 2.83. The number of amides is 2. The monoisotopic (exact) mass is 557 g/mol. The van der Waals surface area contributed by atoms with E-state index in [9.17, 15) is 18.0 Å². The van der Waals surface area contributed by atoms with Crippen LogP contribution in [0.15, 0.2) is 42.5 Å². The SMILES string of the molecule is CCOc1ccc(N(CCCC(=O)N(Cc2c(Cl)cccc2Cl)[C@@H](CC)C(=O)NC)S(C)(=O)=O)cc1. The highest BCUT2D eigenvalue weighted by atomic mass is 35.5. The van der Waals surface area contributed by atoms with Crippen molar-refractivity contribution in [1.82, 2.24) is 10.2 Å². The minimum atomic E-state index is -3.59. The second-order valence-corrected chi connectivity index (χ2v) is 10.8. The smallest absolute Gasteiger partial charge is 0.242 e. The van der Waals surface area contributed by atoms with E-state index in [1.54, 1.807) is 42.5 Å².